The third-order valence-electron chi connectivity index (χ3n) is 5.07. The Morgan fingerprint density at radius 2 is 1.79 bits per heavy atom. The maximum absolute atomic E-state index is 12.9. The Balaban J connectivity index is 1.41. The highest BCUT2D eigenvalue weighted by Crippen LogP contribution is 2.34. The summed E-state index contributed by atoms with van der Waals surface area (Å²) >= 11 is 3.07. The molecule has 1 aliphatic carbocycles. The maximum Gasteiger partial charge on any atom is 0.197 e. The van der Waals surface area contributed by atoms with Crippen molar-refractivity contribution >= 4 is 61.4 Å². The van der Waals surface area contributed by atoms with Crippen LogP contribution < -0.4 is 0 Å². The molecular weight excluding hydrogens is 402 g/mol. The number of rotatable bonds is 2. The minimum atomic E-state index is -0.203. The number of thiophene rings is 2. The van der Waals surface area contributed by atoms with Crippen LogP contribution in [0.5, 0.6) is 0 Å². The molecule has 6 rings (SSSR count). The quantitative estimate of drug-likeness (QED) is 0.296. The highest BCUT2D eigenvalue weighted by atomic mass is 32.1. The Labute approximate surface area is 172 Å². The number of carbonyl (C=O) groups excluding carboxylic acids is 2. The molecule has 0 atom stereocenters. The molecule has 7 heteroatoms. The molecule has 0 spiro atoms. The van der Waals surface area contributed by atoms with Gasteiger partial charge in [-0.2, -0.15) is 5.10 Å². The molecule has 0 aliphatic heterocycles. The van der Waals surface area contributed by atoms with Gasteiger partial charge in [0.25, 0.3) is 0 Å². The number of allylic oxidation sites excluding steroid dienone is 1. The summed E-state index contributed by atoms with van der Waals surface area (Å²) in [4.78, 5) is 26.6. The Kier molecular flexibility index (Phi) is 3.44. The second-order valence-electron chi connectivity index (χ2n) is 6.74. The van der Waals surface area contributed by atoms with Crippen LogP contribution in [-0.4, -0.2) is 26.3 Å². The Morgan fingerprint density at radius 3 is 2.69 bits per heavy atom. The number of ketones is 2. The number of benzene rings is 1. The van der Waals surface area contributed by atoms with Gasteiger partial charge in [0.2, 0.25) is 0 Å². The molecule has 1 aromatic carbocycles. The number of fused-ring (bicyclic) bond motifs is 3. The summed E-state index contributed by atoms with van der Waals surface area (Å²) in [5.74, 6) is -0.405. The molecule has 5 aromatic rings. The van der Waals surface area contributed by atoms with E-state index in [9.17, 15) is 9.59 Å². The van der Waals surface area contributed by atoms with Crippen LogP contribution >= 0.6 is 22.7 Å². The van der Waals surface area contributed by atoms with E-state index >= 15 is 0 Å². The van der Waals surface area contributed by atoms with E-state index in [2.05, 4.69) is 10.2 Å². The zero-order valence-corrected chi connectivity index (χ0v) is 16.5. The molecule has 4 heterocycles. The van der Waals surface area contributed by atoms with E-state index in [0.717, 1.165) is 31.0 Å². The summed E-state index contributed by atoms with van der Waals surface area (Å²) in [7, 11) is 0. The van der Waals surface area contributed by atoms with Crippen molar-refractivity contribution in [1.82, 2.24) is 14.8 Å². The van der Waals surface area contributed by atoms with Gasteiger partial charge in [-0.3, -0.25) is 14.2 Å². The van der Waals surface area contributed by atoms with Crippen LogP contribution in [0.4, 0.5) is 0 Å². The van der Waals surface area contributed by atoms with Gasteiger partial charge in [-0.15, -0.1) is 27.8 Å². The molecule has 0 saturated heterocycles. The maximum atomic E-state index is 12.9. The van der Waals surface area contributed by atoms with Crippen LogP contribution in [0, 0.1) is 0 Å². The van der Waals surface area contributed by atoms with Crippen LogP contribution in [-0.2, 0) is 0 Å². The van der Waals surface area contributed by atoms with Crippen molar-refractivity contribution < 1.29 is 9.59 Å². The van der Waals surface area contributed by atoms with Gasteiger partial charge >= 0.3 is 0 Å². The first kappa shape index (κ1) is 16.5. The topological polar surface area (TPSA) is 64.8 Å². The predicted molar refractivity (Wildman–Crippen MR) is 115 cm³/mol. The first-order valence-corrected chi connectivity index (χ1v) is 10.6. The smallest absolute Gasteiger partial charge is 0.197 e. The molecule has 5 nitrogen and oxygen atoms in total. The van der Waals surface area contributed by atoms with Crippen molar-refractivity contribution in [2.75, 3.05) is 0 Å². The molecule has 0 saturated carbocycles. The van der Waals surface area contributed by atoms with Gasteiger partial charge in [0, 0.05) is 32.3 Å². The predicted octanol–water partition coefficient (Wildman–Crippen LogP) is 5.16. The third-order valence-corrected chi connectivity index (χ3v) is 6.98. The Bertz CT molecular complexity index is 1450. The van der Waals surface area contributed by atoms with Crippen molar-refractivity contribution in [3.63, 3.8) is 0 Å². The third kappa shape index (κ3) is 2.45. The van der Waals surface area contributed by atoms with Crippen molar-refractivity contribution in [2.45, 2.75) is 0 Å². The van der Waals surface area contributed by atoms with E-state index in [1.54, 1.807) is 23.6 Å². The lowest BCUT2D eigenvalue weighted by atomic mass is 10.1. The number of hydrogen-bond acceptors (Lipinski definition) is 6. The first-order chi connectivity index (χ1) is 14.2. The van der Waals surface area contributed by atoms with Crippen LogP contribution in [0.25, 0.3) is 32.2 Å². The molecule has 138 valence electrons. The fraction of sp³-hybridized carbons (Fsp3) is 0. The molecule has 0 amide bonds. The van der Waals surface area contributed by atoms with Gasteiger partial charge in [-0.05, 0) is 59.3 Å². The van der Waals surface area contributed by atoms with E-state index in [4.69, 9.17) is 0 Å². The van der Waals surface area contributed by atoms with Crippen LogP contribution in [0.3, 0.4) is 0 Å². The fourth-order valence-corrected chi connectivity index (χ4v) is 5.40. The normalized spacial score (nSPS) is 15.1. The number of aromatic nitrogens is 3. The SMILES string of the molecule is O=C1/C(=C/c2ccc(-n3ccc4ccnnc43)s2)C(=O)c2cc3sccc3cc21. The summed E-state index contributed by atoms with van der Waals surface area (Å²) in [6.45, 7) is 0. The Morgan fingerprint density at radius 1 is 0.931 bits per heavy atom. The van der Waals surface area contributed by atoms with Crippen molar-refractivity contribution in [1.29, 1.82) is 0 Å². The number of carbonyl (C=O) groups is 2. The van der Waals surface area contributed by atoms with E-state index in [1.165, 1.54) is 11.3 Å². The van der Waals surface area contributed by atoms with Crippen molar-refractivity contribution in [3.8, 4) is 5.00 Å². The van der Waals surface area contributed by atoms with Crippen molar-refractivity contribution in [3.05, 3.63) is 81.8 Å². The summed E-state index contributed by atoms with van der Waals surface area (Å²) in [5, 5.41) is 13.1. The average molecular weight is 413 g/mol. The molecule has 0 bridgehead atoms. The zero-order valence-electron chi connectivity index (χ0n) is 14.8. The second kappa shape index (κ2) is 6.04. The highest BCUT2D eigenvalue weighted by Gasteiger charge is 2.33. The first-order valence-electron chi connectivity index (χ1n) is 8.90. The molecule has 29 heavy (non-hydrogen) atoms. The van der Waals surface area contributed by atoms with E-state index in [-0.39, 0.29) is 17.1 Å². The van der Waals surface area contributed by atoms with Crippen molar-refractivity contribution in [2.24, 2.45) is 0 Å². The lowest BCUT2D eigenvalue weighted by molar-refractivity contribution is 0.0990. The van der Waals surface area contributed by atoms with Gasteiger partial charge in [0.15, 0.2) is 17.2 Å². The van der Waals surface area contributed by atoms with Crippen LogP contribution in [0.2, 0.25) is 0 Å². The van der Waals surface area contributed by atoms with Gasteiger partial charge in [0.1, 0.15) is 5.00 Å². The van der Waals surface area contributed by atoms with E-state index in [0.29, 0.717) is 11.1 Å². The molecule has 0 radical (unpaired) electrons. The second-order valence-corrected chi connectivity index (χ2v) is 8.79. The summed E-state index contributed by atoms with van der Waals surface area (Å²) < 4.78 is 2.97. The van der Waals surface area contributed by atoms with Crippen LogP contribution in [0.1, 0.15) is 25.6 Å². The zero-order chi connectivity index (χ0) is 19.5. The number of Topliss-reactive ketones (excluding diaryl/α,β-unsaturated/α-hetero) is 2. The van der Waals surface area contributed by atoms with Gasteiger partial charge in [-0.1, -0.05) is 0 Å². The summed E-state index contributed by atoms with van der Waals surface area (Å²) in [6, 6.07) is 13.4. The lowest BCUT2D eigenvalue weighted by Gasteiger charge is -1.99. The van der Waals surface area contributed by atoms with Crippen LogP contribution in [0.15, 0.2) is 65.8 Å². The van der Waals surface area contributed by atoms with Gasteiger partial charge in [0.05, 0.1) is 11.8 Å². The largest absolute Gasteiger partial charge is 0.291 e. The molecular formula is C22H11N3O2S2. The molecule has 4 aromatic heterocycles. The lowest BCUT2D eigenvalue weighted by Crippen LogP contribution is -1.99. The van der Waals surface area contributed by atoms with E-state index < -0.39 is 0 Å². The number of hydrogen-bond donors (Lipinski definition) is 0. The van der Waals surface area contributed by atoms with Gasteiger partial charge < -0.3 is 0 Å². The number of nitrogens with zero attached hydrogens (tertiary/aromatic N) is 3. The minimum absolute atomic E-state index is 0.201. The molecule has 0 unspecified atom stereocenters. The molecule has 1 aliphatic rings. The Hall–Kier alpha value is -3.42. The molecule has 0 fully saturated rings. The standard InChI is InChI=1S/C22H11N3O2S2/c26-20-15-9-13-5-8-28-18(13)11-16(15)21(27)17(20)10-14-1-2-19(29-14)25-7-4-12-3-6-23-24-22(12)25/h1-11H/b17-10-. The summed E-state index contributed by atoms with van der Waals surface area (Å²) in [5.41, 5.74) is 1.99. The average Bonchev–Trinajstić information content (AvgIpc) is 3.50. The minimum Gasteiger partial charge on any atom is -0.291 e. The summed E-state index contributed by atoms with van der Waals surface area (Å²) in [6.07, 6.45) is 5.30. The molecule has 0 N–H and O–H groups in total. The fourth-order valence-electron chi connectivity index (χ4n) is 3.66. The van der Waals surface area contributed by atoms with Gasteiger partial charge in [-0.25, -0.2) is 0 Å². The highest BCUT2D eigenvalue weighted by molar-refractivity contribution is 7.17. The monoisotopic (exact) mass is 413 g/mol. The van der Waals surface area contributed by atoms with E-state index in [1.807, 2.05) is 58.6 Å².